The standard InChI is InChI=1S/C31H34N2O5/c1-18-28(31(35)38-20-11-14-37-15-12-20)29(23-7-5-8-24-22(23)10-13-32-24)30-25(33-18)16-19(17-26(30)34)21-6-3-4-9-27(21)36-2/h3-10,13,19-20,25,29-30,32-33H,11-12,14-17H2,1-2H3/t19-,25?,29-,30?/m1/s1. The van der Waals surface area contributed by atoms with Gasteiger partial charge in [-0.05, 0) is 48.6 Å². The van der Waals surface area contributed by atoms with Crippen LogP contribution in [0.4, 0.5) is 0 Å². The number of methoxy groups -OCH3 is 1. The van der Waals surface area contributed by atoms with Gasteiger partial charge in [-0.2, -0.15) is 0 Å². The smallest absolute Gasteiger partial charge is 0.336 e. The lowest BCUT2D eigenvalue weighted by atomic mass is 9.64. The molecule has 198 valence electrons. The SMILES string of the molecule is COc1ccccc1[C@H]1CC(=O)C2C(C1)NC(C)=C(C(=O)OC1CCOCC1)[C@H]2c1cccc2[nH]ccc12. The summed E-state index contributed by atoms with van der Waals surface area (Å²) < 4.78 is 17.1. The number of carbonyl (C=O) groups is 2. The van der Waals surface area contributed by atoms with Crippen LogP contribution in [0.3, 0.4) is 0 Å². The molecule has 3 aromatic rings. The zero-order chi connectivity index (χ0) is 26.2. The Balaban J connectivity index is 1.41. The molecule has 2 N–H and O–H groups in total. The molecule has 0 bridgehead atoms. The lowest BCUT2D eigenvalue weighted by Crippen LogP contribution is -2.52. The highest BCUT2D eigenvalue weighted by atomic mass is 16.6. The summed E-state index contributed by atoms with van der Waals surface area (Å²) in [6, 6.07) is 15.9. The van der Waals surface area contributed by atoms with Crippen LogP contribution in [0.15, 0.2) is 66.0 Å². The van der Waals surface area contributed by atoms with E-state index in [9.17, 15) is 9.59 Å². The van der Waals surface area contributed by atoms with Gasteiger partial charge in [0, 0.05) is 59.9 Å². The number of Topliss-reactive ketones (excluding diaryl/α,β-unsaturated/α-hetero) is 1. The molecule has 6 rings (SSSR count). The first-order valence-corrected chi connectivity index (χ1v) is 13.5. The van der Waals surface area contributed by atoms with E-state index in [0.29, 0.717) is 38.0 Å². The second-order valence-corrected chi connectivity index (χ2v) is 10.6. The molecule has 2 aliphatic heterocycles. The van der Waals surface area contributed by atoms with Crippen molar-refractivity contribution in [3.8, 4) is 5.75 Å². The van der Waals surface area contributed by atoms with E-state index in [-0.39, 0.29) is 41.7 Å². The minimum absolute atomic E-state index is 0.0413. The van der Waals surface area contributed by atoms with Gasteiger partial charge in [0.15, 0.2) is 0 Å². The predicted molar refractivity (Wildman–Crippen MR) is 144 cm³/mol. The van der Waals surface area contributed by atoms with E-state index in [2.05, 4.69) is 22.4 Å². The fourth-order valence-corrected chi connectivity index (χ4v) is 6.73. The Hall–Kier alpha value is -3.58. The molecule has 1 aromatic heterocycles. The Morgan fingerprint density at radius 2 is 1.82 bits per heavy atom. The molecule has 2 fully saturated rings. The number of allylic oxidation sites excluding steroid dienone is 1. The van der Waals surface area contributed by atoms with Crippen molar-refractivity contribution in [3.05, 3.63) is 77.1 Å². The molecule has 38 heavy (non-hydrogen) atoms. The topological polar surface area (TPSA) is 89.7 Å². The minimum Gasteiger partial charge on any atom is -0.496 e. The van der Waals surface area contributed by atoms with Gasteiger partial charge < -0.3 is 24.5 Å². The first-order chi connectivity index (χ1) is 18.5. The van der Waals surface area contributed by atoms with Gasteiger partial charge in [0.05, 0.1) is 25.9 Å². The van der Waals surface area contributed by atoms with Crippen molar-refractivity contribution in [2.45, 2.75) is 56.6 Å². The van der Waals surface area contributed by atoms with Crippen molar-refractivity contribution < 1.29 is 23.8 Å². The van der Waals surface area contributed by atoms with Crippen molar-refractivity contribution in [1.82, 2.24) is 10.3 Å². The average Bonchev–Trinajstić information content (AvgIpc) is 3.42. The number of nitrogens with one attached hydrogen (secondary N) is 2. The number of aromatic nitrogens is 1. The van der Waals surface area contributed by atoms with Crippen molar-refractivity contribution in [2.75, 3.05) is 20.3 Å². The van der Waals surface area contributed by atoms with Gasteiger partial charge in [0.25, 0.3) is 0 Å². The van der Waals surface area contributed by atoms with Crippen molar-refractivity contribution in [2.24, 2.45) is 5.92 Å². The quantitative estimate of drug-likeness (QED) is 0.466. The maximum atomic E-state index is 14.1. The molecule has 0 spiro atoms. The normalized spacial score (nSPS) is 26.1. The summed E-state index contributed by atoms with van der Waals surface area (Å²) in [6.45, 7) is 3.12. The lowest BCUT2D eigenvalue weighted by molar-refractivity contribution is -0.149. The van der Waals surface area contributed by atoms with E-state index in [1.165, 1.54) is 0 Å². The number of benzene rings is 2. The number of aromatic amines is 1. The number of hydrogen-bond donors (Lipinski definition) is 2. The molecular formula is C31H34N2O5. The van der Waals surface area contributed by atoms with Gasteiger partial charge in [-0.25, -0.2) is 4.79 Å². The number of esters is 1. The fraction of sp³-hybridized carbons (Fsp3) is 0.419. The molecule has 3 heterocycles. The zero-order valence-electron chi connectivity index (χ0n) is 21.9. The number of para-hydroxylation sites is 1. The molecule has 2 aromatic carbocycles. The lowest BCUT2D eigenvalue weighted by Gasteiger charge is -2.45. The molecule has 1 aliphatic carbocycles. The molecular weight excluding hydrogens is 480 g/mol. The molecule has 2 unspecified atom stereocenters. The van der Waals surface area contributed by atoms with E-state index in [4.69, 9.17) is 14.2 Å². The van der Waals surface area contributed by atoms with Gasteiger partial charge in [0.1, 0.15) is 17.6 Å². The maximum Gasteiger partial charge on any atom is 0.336 e. The summed E-state index contributed by atoms with van der Waals surface area (Å²) in [4.78, 5) is 31.1. The number of fused-ring (bicyclic) bond motifs is 2. The van der Waals surface area contributed by atoms with E-state index in [1.54, 1.807) is 7.11 Å². The molecule has 3 aliphatic rings. The Morgan fingerprint density at radius 1 is 1.03 bits per heavy atom. The number of hydrogen-bond acceptors (Lipinski definition) is 6. The van der Waals surface area contributed by atoms with Crippen LogP contribution in [-0.4, -0.2) is 49.2 Å². The number of carbonyl (C=O) groups excluding carboxylic acids is 2. The molecule has 7 nitrogen and oxygen atoms in total. The summed E-state index contributed by atoms with van der Waals surface area (Å²) >= 11 is 0. The van der Waals surface area contributed by atoms with Crippen molar-refractivity contribution >= 4 is 22.7 Å². The second kappa shape index (κ2) is 10.3. The third-order valence-corrected chi connectivity index (χ3v) is 8.47. The highest BCUT2D eigenvalue weighted by molar-refractivity contribution is 5.97. The van der Waals surface area contributed by atoms with Crippen LogP contribution in [0.2, 0.25) is 0 Å². The highest BCUT2D eigenvalue weighted by Crippen LogP contribution is 2.49. The van der Waals surface area contributed by atoms with Gasteiger partial charge >= 0.3 is 5.97 Å². The minimum atomic E-state index is -0.390. The molecule has 4 atom stereocenters. The number of rotatable bonds is 5. The third kappa shape index (κ3) is 4.39. The summed E-state index contributed by atoms with van der Waals surface area (Å²) in [5.74, 6) is -0.0916. The first kappa shape index (κ1) is 24.7. The molecule has 0 amide bonds. The summed E-state index contributed by atoms with van der Waals surface area (Å²) in [6.07, 6.45) is 4.30. The summed E-state index contributed by atoms with van der Waals surface area (Å²) in [5.41, 5.74) is 4.38. The Kier molecular flexibility index (Phi) is 6.70. The van der Waals surface area contributed by atoms with Crippen LogP contribution in [0.25, 0.3) is 10.9 Å². The highest BCUT2D eigenvalue weighted by Gasteiger charge is 2.49. The number of ether oxygens (including phenoxy) is 3. The predicted octanol–water partition coefficient (Wildman–Crippen LogP) is 4.99. The maximum absolute atomic E-state index is 14.1. The number of ketones is 1. The van der Waals surface area contributed by atoms with E-state index < -0.39 is 0 Å². The fourth-order valence-electron chi connectivity index (χ4n) is 6.73. The monoisotopic (exact) mass is 514 g/mol. The molecule has 1 saturated carbocycles. The van der Waals surface area contributed by atoms with Gasteiger partial charge in [-0.1, -0.05) is 30.3 Å². The van der Waals surface area contributed by atoms with Crippen molar-refractivity contribution in [1.29, 1.82) is 0 Å². The third-order valence-electron chi connectivity index (χ3n) is 8.47. The zero-order valence-corrected chi connectivity index (χ0v) is 21.9. The van der Waals surface area contributed by atoms with E-state index in [0.717, 1.165) is 39.9 Å². The van der Waals surface area contributed by atoms with E-state index >= 15 is 0 Å². The van der Waals surface area contributed by atoms with Gasteiger partial charge in [-0.15, -0.1) is 0 Å². The van der Waals surface area contributed by atoms with E-state index in [1.807, 2.05) is 49.5 Å². The Labute approximate surface area is 222 Å². The van der Waals surface area contributed by atoms with Crippen LogP contribution in [-0.2, 0) is 19.1 Å². The number of H-pyrrole nitrogens is 1. The molecule has 0 radical (unpaired) electrons. The summed E-state index contributed by atoms with van der Waals surface area (Å²) in [5, 5.41) is 4.61. The van der Waals surface area contributed by atoms with Gasteiger partial charge in [-0.3, -0.25) is 4.79 Å². The molecule has 1 saturated heterocycles. The Bertz CT molecular complexity index is 1390. The van der Waals surface area contributed by atoms with Crippen LogP contribution >= 0.6 is 0 Å². The Morgan fingerprint density at radius 3 is 2.63 bits per heavy atom. The van der Waals surface area contributed by atoms with Gasteiger partial charge in [0.2, 0.25) is 0 Å². The van der Waals surface area contributed by atoms with Crippen molar-refractivity contribution in [3.63, 3.8) is 0 Å². The largest absolute Gasteiger partial charge is 0.496 e. The van der Waals surface area contributed by atoms with Crippen LogP contribution < -0.4 is 10.1 Å². The van der Waals surface area contributed by atoms with Crippen LogP contribution in [0.5, 0.6) is 5.75 Å². The van der Waals surface area contributed by atoms with Crippen LogP contribution in [0.1, 0.15) is 55.6 Å². The molecule has 7 heteroatoms. The average molecular weight is 515 g/mol. The second-order valence-electron chi connectivity index (χ2n) is 10.6. The van der Waals surface area contributed by atoms with Crippen LogP contribution in [0, 0.1) is 5.92 Å². The first-order valence-electron chi connectivity index (χ1n) is 13.5. The summed E-state index contributed by atoms with van der Waals surface area (Å²) in [7, 11) is 1.67.